The summed E-state index contributed by atoms with van der Waals surface area (Å²) in [6.45, 7) is 13.3. The van der Waals surface area contributed by atoms with Crippen LogP contribution in [0.25, 0.3) is 0 Å². The van der Waals surface area contributed by atoms with Crippen molar-refractivity contribution in [3.05, 3.63) is 11.6 Å². The van der Waals surface area contributed by atoms with E-state index in [1.54, 1.807) is 0 Å². The molecule has 0 fully saturated rings. The predicted octanol–water partition coefficient (Wildman–Crippen LogP) is 2.83. The van der Waals surface area contributed by atoms with Crippen LogP contribution in [0.3, 0.4) is 0 Å². The molecule has 1 amide bonds. The van der Waals surface area contributed by atoms with E-state index in [1.807, 2.05) is 48.5 Å². The van der Waals surface area contributed by atoms with Crippen molar-refractivity contribution in [2.24, 2.45) is 5.92 Å². The molecule has 0 heterocycles. The van der Waals surface area contributed by atoms with Gasteiger partial charge in [-0.25, -0.2) is 4.79 Å². The molecule has 0 aromatic rings. The predicted molar refractivity (Wildman–Crippen MR) is 76.7 cm³/mol. The van der Waals surface area contributed by atoms with Crippen LogP contribution in [0.1, 0.15) is 54.9 Å². The van der Waals surface area contributed by atoms with Crippen LogP contribution in [-0.4, -0.2) is 23.5 Å². The van der Waals surface area contributed by atoms with Gasteiger partial charge in [-0.3, -0.25) is 4.79 Å². The molecule has 0 aromatic heterocycles. The number of carbonyl (C=O) groups is 2. The number of esters is 1. The maximum Gasteiger partial charge on any atom is 0.331 e. The van der Waals surface area contributed by atoms with Crippen LogP contribution in [0.5, 0.6) is 0 Å². The maximum absolute atomic E-state index is 12.1. The summed E-state index contributed by atoms with van der Waals surface area (Å²) in [7, 11) is 0. The van der Waals surface area contributed by atoms with Crippen LogP contribution < -0.4 is 5.32 Å². The van der Waals surface area contributed by atoms with Crippen molar-refractivity contribution in [1.82, 2.24) is 5.32 Å². The van der Waals surface area contributed by atoms with Gasteiger partial charge in [-0.1, -0.05) is 19.4 Å². The molecule has 1 N–H and O–H groups in total. The van der Waals surface area contributed by atoms with Crippen LogP contribution >= 0.6 is 0 Å². The zero-order valence-corrected chi connectivity index (χ0v) is 13.2. The largest absolute Gasteiger partial charge is 0.449 e. The number of hydrogen-bond acceptors (Lipinski definition) is 3. The molecule has 4 heteroatoms. The molecule has 1 atom stereocenters. The smallest absolute Gasteiger partial charge is 0.331 e. The number of allylic oxidation sites excluding steroid dienone is 1. The number of rotatable bonds is 5. The van der Waals surface area contributed by atoms with Gasteiger partial charge in [-0.2, -0.15) is 0 Å². The fourth-order valence-corrected chi connectivity index (χ4v) is 1.50. The average Bonchev–Trinajstić information content (AvgIpc) is 2.11. The molecule has 110 valence electrons. The molecule has 0 saturated carbocycles. The molecular weight excluding hydrogens is 242 g/mol. The quantitative estimate of drug-likeness (QED) is 0.617. The summed E-state index contributed by atoms with van der Waals surface area (Å²) in [4.78, 5) is 23.7. The Bertz CT molecular complexity index is 347. The molecule has 0 aliphatic carbocycles. The Labute approximate surface area is 116 Å². The van der Waals surface area contributed by atoms with Crippen molar-refractivity contribution in [3.63, 3.8) is 0 Å². The summed E-state index contributed by atoms with van der Waals surface area (Å²) < 4.78 is 5.25. The third kappa shape index (κ3) is 9.28. The molecule has 0 radical (unpaired) electrons. The highest BCUT2D eigenvalue weighted by Crippen LogP contribution is 2.11. The summed E-state index contributed by atoms with van der Waals surface area (Å²) in [5, 5.41) is 2.85. The van der Waals surface area contributed by atoms with Gasteiger partial charge in [0.25, 0.3) is 5.91 Å². The third-order valence-corrected chi connectivity index (χ3v) is 2.14. The SMILES string of the molecule is CC(C)=CC(=O)OC(CC(C)C)C(=O)NC(C)(C)C. The maximum atomic E-state index is 12.1. The Kier molecular flexibility index (Phi) is 6.81. The van der Waals surface area contributed by atoms with Crippen LogP contribution in [0.2, 0.25) is 0 Å². The van der Waals surface area contributed by atoms with Gasteiger partial charge in [0, 0.05) is 11.6 Å². The van der Waals surface area contributed by atoms with Crippen molar-refractivity contribution < 1.29 is 14.3 Å². The first kappa shape index (κ1) is 17.7. The Hall–Kier alpha value is -1.32. The third-order valence-electron chi connectivity index (χ3n) is 2.14. The monoisotopic (exact) mass is 269 g/mol. The normalized spacial score (nSPS) is 12.8. The van der Waals surface area contributed by atoms with E-state index in [1.165, 1.54) is 6.08 Å². The fourth-order valence-electron chi connectivity index (χ4n) is 1.50. The number of carbonyl (C=O) groups excluding carboxylic acids is 2. The first-order valence-corrected chi connectivity index (χ1v) is 6.69. The van der Waals surface area contributed by atoms with Crippen LogP contribution in [0.4, 0.5) is 0 Å². The fraction of sp³-hybridized carbons (Fsp3) is 0.733. The zero-order chi connectivity index (χ0) is 15.2. The van der Waals surface area contributed by atoms with E-state index in [0.717, 1.165) is 5.57 Å². The molecular formula is C15H27NO3. The molecule has 0 aliphatic heterocycles. The zero-order valence-electron chi connectivity index (χ0n) is 13.2. The van der Waals surface area contributed by atoms with E-state index < -0.39 is 12.1 Å². The van der Waals surface area contributed by atoms with E-state index in [-0.39, 0.29) is 17.4 Å². The standard InChI is InChI=1S/C15H27NO3/c1-10(2)8-12(14(18)16-15(5,6)7)19-13(17)9-11(3)4/h9-10,12H,8H2,1-7H3,(H,16,18). The molecule has 0 bridgehead atoms. The molecule has 0 aliphatic rings. The Balaban J connectivity index is 4.77. The van der Waals surface area contributed by atoms with Crippen LogP contribution in [-0.2, 0) is 14.3 Å². The molecule has 0 rings (SSSR count). The van der Waals surface area contributed by atoms with Crippen LogP contribution in [0.15, 0.2) is 11.6 Å². The second-order valence-electron chi connectivity index (χ2n) is 6.52. The highest BCUT2D eigenvalue weighted by atomic mass is 16.5. The first-order chi connectivity index (χ1) is 8.51. The van der Waals surface area contributed by atoms with Gasteiger partial charge in [-0.15, -0.1) is 0 Å². The Morgan fingerprint density at radius 2 is 1.74 bits per heavy atom. The van der Waals surface area contributed by atoms with Crippen molar-refractivity contribution in [2.75, 3.05) is 0 Å². The number of ether oxygens (including phenoxy) is 1. The molecule has 19 heavy (non-hydrogen) atoms. The summed E-state index contributed by atoms with van der Waals surface area (Å²) in [6.07, 6.45) is 1.18. The van der Waals surface area contributed by atoms with E-state index in [2.05, 4.69) is 5.32 Å². The second kappa shape index (κ2) is 7.31. The lowest BCUT2D eigenvalue weighted by Crippen LogP contribution is -2.47. The lowest BCUT2D eigenvalue weighted by molar-refractivity contribution is -0.153. The van der Waals surface area contributed by atoms with E-state index >= 15 is 0 Å². The summed E-state index contributed by atoms with van der Waals surface area (Å²) >= 11 is 0. The second-order valence-corrected chi connectivity index (χ2v) is 6.52. The van der Waals surface area contributed by atoms with Gasteiger partial charge >= 0.3 is 5.97 Å². The minimum atomic E-state index is -0.734. The summed E-state index contributed by atoms with van der Waals surface area (Å²) in [5.74, 6) is -0.429. The number of hydrogen-bond donors (Lipinski definition) is 1. The highest BCUT2D eigenvalue weighted by Gasteiger charge is 2.26. The highest BCUT2D eigenvalue weighted by molar-refractivity contribution is 5.88. The molecule has 4 nitrogen and oxygen atoms in total. The minimum Gasteiger partial charge on any atom is -0.449 e. The average molecular weight is 269 g/mol. The minimum absolute atomic E-state index is 0.239. The van der Waals surface area contributed by atoms with Crippen LogP contribution in [0, 0.1) is 5.92 Å². The molecule has 1 unspecified atom stereocenters. The lowest BCUT2D eigenvalue weighted by atomic mass is 10.0. The van der Waals surface area contributed by atoms with Gasteiger partial charge in [0.2, 0.25) is 0 Å². The van der Waals surface area contributed by atoms with E-state index in [4.69, 9.17) is 4.74 Å². The summed E-state index contributed by atoms with van der Waals surface area (Å²) in [5.41, 5.74) is 0.513. The van der Waals surface area contributed by atoms with Gasteiger partial charge in [0.05, 0.1) is 0 Å². The molecule has 0 spiro atoms. The summed E-state index contributed by atoms with van der Waals surface area (Å²) in [6, 6.07) is 0. The van der Waals surface area contributed by atoms with E-state index in [0.29, 0.717) is 6.42 Å². The van der Waals surface area contributed by atoms with Crippen molar-refractivity contribution in [2.45, 2.75) is 66.5 Å². The number of amides is 1. The topological polar surface area (TPSA) is 55.4 Å². The van der Waals surface area contributed by atoms with Crippen molar-refractivity contribution in [3.8, 4) is 0 Å². The van der Waals surface area contributed by atoms with Gasteiger partial charge in [0.1, 0.15) is 0 Å². The Morgan fingerprint density at radius 3 is 2.11 bits per heavy atom. The molecule has 0 aromatic carbocycles. The number of nitrogens with one attached hydrogen (secondary N) is 1. The van der Waals surface area contributed by atoms with Crippen molar-refractivity contribution in [1.29, 1.82) is 0 Å². The lowest BCUT2D eigenvalue weighted by Gasteiger charge is -2.25. The Morgan fingerprint density at radius 1 is 1.21 bits per heavy atom. The van der Waals surface area contributed by atoms with Crippen molar-refractivity contribution >= 4 is 11.9 Å². The van der Waals surface area contributed by atoms with Gasteiger partial charge < -0.3 is 10.1 Å². The van der Waals surface area contributed by atoms with Gasteiger partial charge in [0.15, 0.2) is 6.10 Å². The van der Waals surface area contributed by atoms with E-state index in [9.17, 15) is 9.59 Å². The molecule has 0 saturated heterocycles. The first-order valence-electron chi connectivity index (χ1n) is 6.69. The van der Waals surface area contributed by atoms with Gasteiger partial charge in [-0.05, 0) is 47.0 Å².